The molecule has 0 saturated carbocycles. The zero-order valence-corrected chi connectivity index (χ0v) is 13.7. The molecule has 4 heteroatoms. The van der Waals surface area contributed by atoms with Gasteiger partial charge in [-0.05, 0) is 55.7 Å². The van der Waals surface area contributed by atoms with Crippen LogP contribution < -0.4 is 10.1 Å². The molecule has 0 heterocycles. The van der Waals surface area contributed by atoms with Crippen LogP contribution in [0.15, 0.2) is 42.5 Å². The largest absolute Gasteiger partial charge is 0.493 e. The van der Waals surface area contributed by atoms with E-state index < -0.39 is 0 Å². The first kappa shape index (κ1) is 17.0. The molecule has 122 valence electrons. The average Bonchev–Trinajstić information content (AvgIpc) is 2.51. The third-order valence-corrected chi connectivity index (χ3v) is 3.68. The van der Waals surface area contributed by atoms with E-state index in [-0.39, 0.29) is 24.2 Å². The van der Waals surface area contributed by atoms with Crippen molar-refractivity contribution < 1.29 is 13.9 Å². The highest BCUT2D eigenvalue weighted by molar-refractivity contribution is 5.76. The Morgan fingerprint density at radius 3 is 2.57 bits per heavy atom. The summed E-state index contributed by atoms with van der Waals surface area (Å²) in [7, 11) is 0. The summed E-state index contributed by atoms with van der Waals surface area (Å²) < 4.78 is 18.6. The van der Waals surface area contributed by atoms with Gasteiger partial charge in [0.05, 0.1) is 19.1 Å². The molecule has 0 radical (unpaired) electrons. The van der Waals surface area contributed by atoms with Crippen LogP contribution >= 0.6 is 0 Å². The minimum Gasteiger partial charge on any atom is -0.493 e. The topological polar surface area (TPSA) is 38.3 Å². The fraction of sp³-hybridized carbons (Fsp3) is 0.316. The number of halogens is 1. The first-order chi connectivity index (χ1) is 11.0. The fourth-order valence-corrected chi connectivity index (χ4v) is 2.26. The molecule has 2 rings (SSSR count). The number of hydrogen-bond acceptors (Lipinski definition) is 2. The Labute approximate surface area is 136 Å². The number of ether oxygens (including phenoxy) is 1. The lowest BCUT2D eigenvalue weighted by Gasteiger charge is -2.15. The first-order valence-electron chi connectivity index (χ1n) is 7.70. The summed E-state index contributed by atoms with van der Waals surface area (Å²) in [6, 6.07) is 12.0. The SMILES string of the molecule is Cc1ccc(C)c(OCCC(=O)NC(C)c2ccc(F)cc2)c1. The van der Waals surface area contributed by atoms with Crippen molar-refractivity contribution in [3.05, 3.63) is 65.0 Å². The van der Waals surface area contributed by atoms with Gasteiger partial charge in [0.1, 0.15) is 11.6 Å². The van der Waals surface area contributed by atoms with Crippen molar-refractivity contribution >= 4 is 5.91 Å². The number of amides is 1. The van der Waals surface area contributed by atoms with Crippen LogP contribution in [0.25, 0.3) is 0 Å². The van der Waals surface area contributed by atoms with E-state index in [4.69, 9.17) is 4.74 Å². The van der Waals surface area contributed by atoms with Gasteiger partial charge in [-0.3, -0.25) is 4.79 Å². The second-order valence-electron chi connectivity index (χ2n) is 5.71. The van der Waals surface area contributed by atoms with Gasteiger partial charge in [0.2, 0.25) is 5.91 Å². The summed E-state index contributed by atoms with van der Waals surface area (Å²) in [6.45, 7) is 6.18. The van der Waals surface area contributed by atoms with Gasteiger partial charge in [-0.15, -0.1) is 0 Å². The number of aryl methyl sites for hydroxylation is 2. The maximum Gasteiger partial charge on any atom is 0.223 e. The second kappa shape index (κ2) is 7.77. The van der Waals surface area contributed by atoms with Crippen LogP contribution in [0.5, 0.6) is 5.75 Å². The number of rotatable bonds is 6. The molecule has 23 heavy (non-hydrogen) atoms. The molecule has 1 amide bonds. The minimum absolute atomic E-state index is 0.0906. The van der Waals surface area contributed by atoms with Crippen molar-refractivity contribution in [2.24, 2.45) is 0 Å². The zero-order valence-electron chi connectivity index (χ0n) is 13.7. The highest BCUT2D eigenvalue weighted by atomic mass is 19.1. The maximum absolute atomic E-state index is 12.9. The first-order valence-corrected chi connectivity index (χ1v) is 7.70. The van der Waals surface area contributed by atoms with E-state index in [0.717, 1.165) is 22.4 Å². The molecule has 0 aliphatic rings. The van der Waals surface area contributed by atoms with Crippen molar-refractivity contribution in [1.82, 2.24) is 5.32 Å². The summed E-state index contributed by atoms with van der Waals surface area (Å²) in [6.07, 6.45) is 0.277. The van der Waals surface area contributed by atoms with Crippen molar-refractivity contribution in [3.8, 4) is 5.75 Å². The molecule has 3 nitrogen and oxygen atoms in total. The second-order valence-corrected chi connectivity index (χ2v) is 5.71. The molecular weight excluding hydrogens is 293 g/mol. The maximum atomic E-state index is 12.9. The summed E-state index contributed by atoms with van der Waals surface area (Å²) in [5, 5.41) is 2.89. The Kier molecular flexibility index (Phi) is 5.74. The summed E-state index contributed by atoms with van der Waals surface area (Å²) in [5.74, 6) is 0.436. The molecule has 0 aliphatic carbocycles. The highest BCUT2D eigenvalue weighted by Crippen LogP contribution is 2.19. The van der Waals surface area contributed by atoms with Crippen molar-refractivity contribution in [3.63, 3.8) is 0 Å². The van der Waals surface area contributed by atoms with Crippen LogP contribution in [0.2, 0.25) is 0 Å². The summed E-state index contributed by atoms with van der Waals surface area (Å²) in [4.78, 5) is 12.0. The third-order valence-electron chi connectivity index (χ3n) is 3.68. The number of carbonyl (C=O) groups is 1. The average molecular weight is 315 g/mol. The van der Waals surface area contributed by atoms with Crippen molar-refractivity contribution in [1.29, 1.82) is 0 Å². The van der Waals surface area contributed by atoms with Crippen LogP contribution in [0, 0.1) is 19.7 Å². The molecule has 1 N–H and O–H groups in total. The highest BCUT2D eigenvalue weighted by Gasteiger charge is 2.10. The molecular formula is C19H22FNO2. The van der Waals surface area contributed by atoms with Crippen LogP contribution in [0.3, 0.4) is 0 Å². The fourth-order valence-electron chi connectivity index (χ4n) is 2.26. The molecule has 0 aromatic heterocycles. The van der Waals surface area contributed by atoms with Gasteiger partial charge in [-0.2, -0.15) is 0 Å². The Morgan fingerprint density at radius 2 is 1.87 bits per heavy atom. The van der Waals surface area contributed by atoms with Crippen molar-refractivity contribution in [2.75, 3.05) is 6.61 Å². The molecule has 0 bridgehead atoms. The lowest BCUT2D eigenvalue weighted by atomic mass is 10.1. The van der Waals surface area contributed by atoms with Crippen molar-refractivity contribution in [2.45, 2.75) is 33.2 Å². The number of nitrogens with one attached hydrogen (secondary N) is 1. The van der Waals surface area contributed by atoms with Crippen LogP contribution in [-0.4, -0.2) is 12.5 Å². The lowest BCUT2D eigenvalue weighted by Crippen LogP contribution is -2.27. The number of hydrogen-bond donors (Lipinski definition) is 1. The van der Waals surface area contributed by atoms with Gasteiger partial charge < -0.3 is 10.1 Å². The van der Waals surface area contributed by atoms with E-state index in [2.05, 4.69) is 5.32 Å². The predicted molar refractivity (Wildman–Crippen MR) is 89.0 cm³/mol. The van der Waals surface area contributed by atoms with Crippen LogP contribution in [-0.2, 0) is 4.79 Å². The molecule has 2 aromatic carbocycles. The Hall–Kier alpha value is -2.36. The van der Waals surface area contributed by atoms with E-state index in [0.29, 0.717) is 6.61 Å². The van der Waals surface area contributed by atoms with E-state index in [1.54, 1.807) is 12.1 Å². The van der Waals surface area contributed by atoms with Gasteiger partial charge >= 0.3 is 0 Å². The Balaban J connectivity index is 1.81. The quantitative estimate of drug-likeness (QED) is 0.872. The molecule has 1 atom stereocenters. The molecule has 0 spiro atoms. The van der Waals surface area contributed by atoms with Gasteiger partial charge in [-0.1, -0.05) is 24.3 Å². The van der Waals surface area contributed by atoms with E-state index in [1.165, 1.54) is 12.1 Å². The third kappa shape index (κ3) is 5.09. The minimum atomic E-state index is -0.283. The van der Waals surface area contributed by atoms with E-state index in [9.17, 15) is 9.18 Å². The number of carbonyl (C=O) groups excluding carboxylic acids is 1. The van der Waals surface area contributed by atoms with E-state index in [1.807, 2.05) is 39.0 Å². The Bertz CT molecular complexity index is 668. The van der Waals surface area contributed by atoms with Gasteiger partial charge in [-0.25, -0.2) is 4.39 Å². The molecule has 0 aliphatic heterocycles. The van der Waals surface area contributed by atoms with Crippen LogP contribution in [0.4, 0.5) is 4.39 Å². The summed E-state index contributed by atoms with van der Waals surface area (Å²) in [5.41, 5.74) is 3.05. The lowest BCUT2D eigenvalue weighted by molar-refractivity contribution is -0.122. The van der Waals surface area contributed by atoms with Crippen LogP contribution in [0.1, 0.15) is 36.1 Å². The summed E-state index contributed by atoms with van der Waals surface area (Å²) >= 11 is 0. The van der Waals surface area contributed by atoms with E-state index >= 15 is 0 Å². The number of benzene rings is 2. The molecule has 0 fully saturated rings. The molecule has 0 saturated heterocycles. The predicted octanol–water partition coefficient (Wildman–Crippen LogP) is 4.09. The zero-order chi connectivity index (χ0) is 16.8. The smallest absolute Gasteiger partial charge is 0.223 e. The monoisotopic (exact) mass is 315 g/mol. The molecule has 2 aromatic rings. The molecule has 1 unspecified atom stereocenters. The Morgan fingerprint density at radius 1 is 1.17 bits per heavy atom. The van der Waals surface area contributed by atoms with Gasteiger partial charge in [0.25, 0.3) is 0 Å². The van der Waals surface area contributed by atoms with Gasteiger partial charge in [0.15, 0.2) is 0 Å². The normalized spacial score (nSPS) is 11.8. The van der Waals surface area contributed by atoms with Gasteiger partial charge in [0, 0.05) is 0 Å². The standard InChI is InChI=1S/C19H22FNO2/c1-13-4-5-14(2)18(12-13)23-11-10-19(22)21-15(3)16-6-8-17(20)9-7-16/h4-9,12,15H,10-11H2,1-3H3,(H,21,22).